The third-order valence-corrected chi connectivity index (χ3v) is 14.3. The molecular formula is C40H57ClN4O11S2. The smallest absolute Gasteiger partial charge is 0.409 e. The monoisotopic (exact) mass is 868 g/mol. The Labute approximate surface area is 353 Å². The van der Waals surface area contributed by atoms with E-state index in [4.69, 9.17) is 41.0 Å². The normalized spacial score (nSPS) is 30.0. The standard InChI is InChI=1S/C40H57ClN4O11S2/c1-22-11-10-12-30(53-9)40(51)21-29(54-38(50)43-40)24(3)36-39(5,56-36)31(20-34(48)45(7)27-18-26(17-22)19-28(52-8)35(27)41)55-37(49)25(4)44(6)33(47)15-16-57-58-23(2)13-14-32(42)46/h10-12,18-19,23-25,29-31,36,51H,13-17,20-21H2,1-9H3,(H2,42,46)(H,43,50)/b12-10+,22-11+/t23?,24-,25+,29+,30-,31+,36+,39+,40+/m1/s1. The van der Waals surface area contributed by atoms with E-state index < -0.39 is 65.7 Å². The first-order valence-corrected chi connectivity index (χ1v) is 21.9. The van der Waals surface area contributed by atoms with Crippen LogP contribution in [-0.2, 0) is 44.5 Å². The van der Waals surface area contributed by atoms with Crippen molar-refractivity contribution >= 4 is 68.7 Å². The SMILES string of the molecule is COc1cc2cc(c1Cl)N(C)C(=O)C[C@H](OC(=O)[C@H](C)N(C)C(=O)CCSSC(C)CCC(N)=O)[C@]1(C)O[C@H]1[C@H](C)[C@@H]1C[C@@](O)(NC(=O)O1)[C@H](OC)/C=C/C=C(\C)C2. The molecule has 3 aliphatic heterocycles. The van der Waals surface area contributed by atoms with Gasteiger partial charge in [0.05, 0.1) is 25.3 Å². The lowest BCUT2D eigenvalue weighted by molar-refractivity contribution is -0.162. The number of nitrogens with zero attached hydrogens (tertiary/aromatic N) is 2. The molecule has 4 bridgehead atoms. The summed E-state index contributed by atoms with van der Waals surface area (Å²) in [5.41, 5.74) is 4.26. The Balaban J connectivity index is 1.63. The summed E-state index contributed by atoms with van der Waals surface area (Å²) in [5, 5.41) is 14.7. The first kappa shape index (κ1) is 47.2. The second kappa shape index (κ2) is 20.2. The Morgan fingerprint density at radius 3 is 2.57 bits per heavy atom. The van der Waals surface area contributed by atoms with E-state index in [9.17, 15) is 29.1 Å². The summed E-state index contributed by atoms with van der Waals surface area (Å²) >= 11 is 6.78. The highest BCUT2D eigenvalue weighted by atomic mass is 35.5. The van der Waals surface area contributed by atoms with Gasteiger partial charge in [-0.3, -0.25) is 19.7 Å². The zero-order chi connectivity index (χ0) is 43.1. The quantitative estimate of drug-likeness (QED) is 0.104. The number of halogens is 1. The van der Waals surface area contributed by atoms with E-state index in [0.29, 0.717) is 30.0 Å². The number of allylic oxidation sites excluding steroid dienone is 3. The molecule has 15 nitrogen and oxygen atoms in total. The molecule has 1 unspecified atom stereocenters. The van der Waals surface area contributed by atoms with Crippen molar-refractivity contribution in [3.05, 3.63) is 46.5 Å². The van der Waals surface area contributed by atoms with E-state index in [1.807, 2.05) is 19.9 Å². The van der Waals surface area contributed by atoms with Crippen LogP contribution in [0.15, 0.2) is 35.9 Å². The fraction of sp³-hybridized carbons (Fsp3) is 0.625. The van der Waals surface area contributed by atoms with Crippen molar-refractivity contribution in [1.29, 1.82) is 0 Å². The Kier molecular flexibility index (Phi) is 16.4. The van der Waals surface area contributed by atoms with Crippen molar-refractivity contribution in [2.24, 2.45) is 11.7 Å². The van der Waals surface area contributed by atoms with Crippen LogP contribution in [0.5, 0.6) is 5.75 Å². The number of benzene rings is 1. The third-order valence-electron chi connectivity index (χ3n) is 11.0. The van der Waals surface area contributed by atoms with Crippen molar-refractivity contribution in [2.75, 3.05) is 39.0 Å². The first-order valence-electron chi connectivity index (χ1n) is 19.2. The van der Waals surface area contributed by atoms with Crippen molar-refractivity contribution in [2.45, 2.75) is 120 Å². The molecule has 58 heavy (non-hydrogen) atoms. The van der Waals surface area contributed by atoms with E-state index >= 15 is 0 Å². The Hall–Kier alpha value is -3.48. The second-order valence-electron chi connectivity index (χ2n) is 15.4. The minimum atomic E-state index is -1.84. The van der Waals surface area contributed by atoms with Crippen LogP contribution in [-0.4, -0.2) is 121 Å². The Morgan fingerprint density at radius 2 is 1.91 bits per heavy atom. The van der Waals surface area contributed by atoms with Crippen LogP contribution in [0.3, 0.4) is 0 Å². The molecule has 0 aromatic heterocycles. The van der Waals surface area contributed by atoms with Crippen molar-refractivity contribution in [3.63, 3.8) is 0 Å². The third kappa shape index (κ3) is 11.6. The maximum absolute atomic E-state index is 14.2. The largest absolute Gasteiger partial charge is 0.495 e. The zero-order valence-electron chi connectivity index (χ0n) is 34.6. The number of carbonyl (C=O) groups is 5. The van der Waals surface area contributed by atoms with Gasteiger partial charge < -0.3 is 44.3 Å². The molecule has 3 heterocycles. The number of likely N-dealkylation sites (N-methyl/N-ethyl adjacent to an activating group) is 1. The Morgan fingerprint density at radius 1 is 1.21 bits per heavy atom. The van der Waals surface area contributed by atoms with Crippen molar-refractivity contribution in [1.82, 2.24) is 10.2 Å². The van der Waals surface area contributed by atoms with E-state index in [2.05, 4.69) is 5.32 Å². The maximum atomic E-state index is 14.2. The summed E-state index contributed by atoms with van der Waals surface area (Å²) in [6.45, 7) is 8.95. The number of rotatable bonds is 13. The number of hydrogen-bond donors (Lipinski definition) is 3. The number of aliphatic hydroxyl groups is 1. The molecule has 18 heteroatoms. The summed E-state index contributed by atoms with van der Waals surface area (Å²) in [4.78, 5) is 67.9. The van der Waals surface area contributed by atoms with Gasteiger partial charge in [0.15, 0.2) is 5.72 Å². The molecule has 0 spiro atoms. The molecule has 0 radical (unpaired) electrons. The molecule has 2 saturated heterocycles. The van der Waals surface area contributed by atoms with E-state index in [-0.39, 0.29) is 47.8 Å². The van der Waals surface area contributed by atoms with Gasteiger partial charge in [-0.15, -0.1) is 0 Å². The van der Waals surface area contributed by atoms with Gasteiger partial charge in [-0.1, -0.05) is 70.8 Å². The van der Waals surface area contributed by atoms with Crippen molar-refractivity contribution in [3.8, 4) is 5.75 Å². The maximum Gasteiger partial charge on any atom is 0.409 e. The lowest BCUT2D eigenvalue weighted by atomic mass is 9.83. The van der Waals surface area contributed by atoms with Crippen LogP contribution >= 0.6 is 33.2 Å². The molecule has 322 valence electrons. The first-order chi connectivity index (χ1) is 27.2. The summed E-state index contributed by atoms with van der Waals surface area (Å²) < 4.78 is 29.3. The van der Waals surface area contributed by atoms with Crippen LogP contribution < -0.4 is 20.7 Å². The molecule has 4 rings (SSSR count). The number of primary amides is 1. The fourth-order valence-corrected chi connectivity index (χ4v) is 9.72. The van der Waals surface area contributed by atoms with E-state index in [0.717, 1.165) is 11.1 Å². The summed E-state index contributed by atoms with van der Waals surface area (Å²) in [5.74, 6) is -1.54. The molecule has 1 aromatic rings. The Bertz CT molecular complexity index is 1770. The van der Waals surface area contributed by atoms with Crippen LogP contribution in [0.2, 0.25) is 5.02 Å². The van der Waals surface area contributed by atoms with Gasteiger partial charge in [0.2, 0.25) is 17.7 Å². The lowest BCUT2D eigenvalue weighted by Crippen LogP contribution is -2.63. The number of anilines is 1. The number of nitrogens with two attached hydrogens (primary N) is 1. The van der Waals surface area contributed by atoms with Crippen LogP contribution in [0.25, 0.3) is 0 Å². The molecule has 0 saturated carbocycles. The highest BCUT2D eigenvalue weighted by Crippen LogP contribution is 2.49. The molecule has 0 aliphatic carbocycles. The number of nitrogens with one attached hydrogen (secondary N) is 1. The number of epoxide rings is 1. The molecule has 4 amide bonds. The van der Waals surface area contributed by atoms with Crippen molar-refractivity contribution < 1.29 is 52.8 Å². The average Bonchev–Trinajstić information content (AvgIpc) is 3.87. The van der Waals surface area contributed by atoms with E-state index in [1.54, 1.807) is 62.9 Å². The molecule has 2 fully saturated rings. The van der Waals surface area contributed by atoms with Gasteiger partial charge in [-0.25, -0.2) is 9.59 Å². The number of amides is 4. The lowest BCUT2D eigenvalue weighted by Gasteiger charge is -2.42. The number of ether oxygens (including phenoxy) is 5. The van der Waals surface area contributed by atoms with Gasteiger partial charge in [0.25, 0.3) is 0 Å². The van der Waals surface area contributed by atoms with Gasteiger partial charge >= 0.3 is 12.1 Å². The molecule has 4 N–H and O–H groups in total. The number of fused-ring (bicyclic) bond motifs is 5. The van der Waals surface area contributed by atoms with Gasteiger partial charge in [0, 0.05) is 57.4 Å². The molecule has 3 aliphatic rings. The number of methoxy groups -OCH3 is 2. The molecule has 9 atom stereocenters. The van der Waals surface area contributed by atoms with Crippen LogP contribution in [0.4, 0.5) is 10.5 Å². The fourth-order valence-electron chi connectivity index (χ4n) is 7.08. The predicted molar refractivity (Wildman–Crippen MR) is 224 cm³/mol. The van der Waals surface area contributed by atoms with Crippen LogP contribution in [0.1, 0.15) is 72.3 Å². The zero-order valence-corrected chi connectivity index (χ0v) is 37.0. The van der Waals surface area contributed by atoms with Gasteiger partial charge in [-0.05, 0) is 51.3 Å². The topological polar surface area (TPSA) is 200 Å². The second-order valence-corrected chi connectivity index (χ2v) is 18.7. The van der Waals surface area contributed by atoms with Crippen LogP contribution in [0, 0.1) is 5.92 Å². The number of alkyl carbamates (subject to hydrolysis) is 1. The predicted octanol–water partition coefficient (Wildman–Crippen LogP) is 4.94. The molecule has 1 aromatic carbocycles. The minimum Gasteiger partial charge on any atom is -0.495 e. The number of esters is 1. The summed E-state index contributed by atoms with van der Waals surface area (Å²) in [7, 11) is 9.05. The minimum absolute atomic E-state index is 0.0648. The highest BCUT2D eigenvalue weighted by molar-refractivity contribution is 8.76. The van der Waals surface area contributed by atoms with Gasteiger partial charge in [0.1, 0.15) is 40.7 Å². The summed E-state index contributed by atoms with van der Waals surface area (Å²) in [6, 6.07) is 2.55. The number of hydrogen-bond acceptors (Lipinski definition) is 13. The van der Waals surface area contributed by atoms with E-state index in [1.165, 1.54) is 41.9 Å². The average molecular weight is 870 g/mol. The molecular weight excluding hydrogens is 812 g/mol. The number of carbonyl (C=O) groups excluding carboxylic acids is 5. The highest BCUT2D eigenvalue weighted by Gasteiger charge is 2.64. The van der Waals surface area contributed by atoms with Gasteiger partial charge in [-0.2, -0.15) is 0 Å². The summed E-state index contributed by atoms with van der Waals surface area (Å²) in [6.07, 6.45) is 1.86.